The van der Waals surface area contributed by atoms with E-state index in [0.717, 1.165) is 38.0 Å². The molecule has 0 spiro atoms. The van der Waals surface area contributed by atoms with Crippen LogP contribution in [0.4, 0.5) is 5.13 Å². The number of aromatic nitrogens is 1. The van der Waals surface area contributed by atoms with Crippen LogP contribution in [0.5, 0.6) is 0 Å². The predicted molar refractivity (Wildman–Crippen MR) is 92.5 cm³/mol. The molecule has 0 amide bonds. The number of likely N-dealkylation sites (N-methyl/N-ethyl adjacent to an activating group) is 1. The van der Waals surface area contributed by atoms with Gasteiger partial charge in [0.2, 0.25) is 0 Å². The van der Waals surface area contributed by atoms with Crippen LogP contribution >= 0.6 is 11.3 Å². The van der Waals surface area contributed by atoms with Crippen LogP contribution in [0, 0.1) is 5.92 Å². The summed E-state index contributed by atoms with van der Waals surface area (Å²) in [5, 5.41) is 4.63. The summed E-state index contributed by atoms with van der Waals surface area (Å²) in [6, 6.07) is 0. The standard InChI is InChI=1S/C16H31N3OS/c1-7-20-9-8-19(6)16-18-15(13(4)5)14(21-16)11-17-10-12(2)3/h12-13,17H,7-11H2,1-6H3. The topological polar surface area (TPSA) is 37.4 Å². The molecule has 0 aliphatic rings. The summed E-state index contributed by atoms with van der Waals surface area (Å²) in [7, 11) is 2.09. The molecule has 1 rings (SSSR count). The highest BCUT2D eigenvalue weighted by Gasteiger charge is 2.16. The Morgan fingerprint density at radius 3 is 2.57 bits per heavy atom. The molecule has 0 aliphatic heterocycles. The van der Waals surface area contributed by atoms with Crippen molar-refractivity contribution in [3.05, 3.63) is 10.6 Å². The molecule has 0 fully saturated rings. The number of thiazole rings is 1. The summed E-state index contributed by atoms with van der Waals surface area (Å²) in [5.41, 5.74) is 1.23. The fraction of sp³-hybridized carbons (Fsp3) is 0.812. The molecule has 5 heteroatoms. The Balaban J connectivity index is 2.69. The average Bonchev–Trinajstić information content (AvgIpc) is 2.83. The van der Waals surface area contributed by atoms with Gasteiger partial charge in [-0.3, -0.25) is 0 Å². The predicted octanol–water partition coefficient (Wildman–Crippen LogP) is 3.48. The van der Waals surface area contributed by atoms with Crippen LogP contribution in [0.15, 0.2) is 0 Å². The molecule has 1 N–H and O–H groups in total. The summed E-state index contributed by atoms with van der Waals surface area (Å²) in [6.45, 7) is 15.3. The first-order valence-electron chi connectivity index (χ1n) is 7.94. The smallest absolute Gasteiger partial charge is 0.185 e. The van der Waals surface area contributed by atoms with Gasteiger partial charge < -0.3 is 15.0 Å². The van der Waals surface area contributed by atoms with E-state index in [1.54, 1.807) is 11.3 Å². The Morgan fingerprint density at radius 2 is 2.00 bits per heavy atom. The van der Waals surface area contributed by atoms with Gasteiger partial charge in [0.25, 0.3) is 0 Å². The first kappa shape index (κ1) is 18.4. The molecule has 0 bridgehead atoms. The van der Waals surface area contributed by atoms with Gasteiger partial charge in [-0.1, -0.05) is 27.7 Å². The molecule has 0 aromatic carbocycles. The van der Waals surface area contributed by atoms with Gasteiger partial charge in [-0.2, -0.15) is 0 Å². The van der Waals surface area contributed by atoms with Gasteiger partial charge in [-0.15, -0.1) is 11.3 Å². The molecule has 0 unspecified atom stereocenters. The van der Waals surface area contributed by atoms with E-state index < -0.39 is 0 Å². The van der Waals surface area contributed by atoms with Crippen molar-refractivity contribution in [3.8, 4) is 0 Å². The van der Waals surface area contributed by atoms with Gasteiger partial charge in [0.05, 0.1) is 12.3 Å². The SMILES string of the molecule is CCOCCN(C)c1nc(C(C)C)c(CNCC(C)C)s1. The van der Waals surface area contributed by atoms with E-state index >= 15 is 0 Å². The van der Waals surface area contributed by atoms with Crippen LogP contribution in [-0.4, -0.2) is 38.3 Å². The summed E-state index contributed by atoms with van der Waals surface area (Å²) in [6.07, 6.45) is 0. The van der Waals surface area contributed by atoms with Crippen molar-refractivity contribution in [2.75, 3.05) is 38.3 Å². The zero-order chi connectivity index (χ0) is 15.8. The van der Waals surface area contributed by atoms with Crippen molar-refractivity contribution < 1.29 is 4.74 Å². The highest BCUT2D eigenvalue weighted by atomic mass is 32.1. The average molecular weight is 314 g/mol. The highest BCUT2D eigenvalue weighted by molar-refractivity contribution is 7.15. The van der Waals surface area contributed by atoms with Crippen molar-refractivity contribution in [1.29, 1.82) is 0 Å². The Morgan fingerprint density at radius 1 is 1.29 bits per heavy atom. The molecule has 122 valence electrons. The molecule has 1 aromatic heterocycles. The monoisotopic (exact) mass is 313 g/mol. The molecular formula is C16H31N3OS. The number of ether oxygens (including phenoxy) is 1. The number of nitrogens with zero attached hydrogens (tertiary/aromatic N) is 2. The normalized spacial score (nSPS) is 11.6. The number of rotatable bonds is 10. The lowest BCUT2D eigenvalue weighted by Gasteiger charge is -2.15. The molecule has 0 saturated carbocycles. The van der Waals surface area contributed by atoms with E-state index in [-0.39, 0.29) is 0 Å². The minimum Gasteiger partial charge on any atom is -0.380 e. The van der Waals surface area contributed by atoms with Gasteiger partial charge >= 0.3 is 0 Å². The maximum Gasteiger partial charge on any atom is 0.185 e. The first-order chi connectivity index (χ1) is 9.95. The Bertz CT molecular complexity index is 404. The lowest BCUT2D eigenvalue weighted by molar-refractivity contribution is 0.154. The van der Waals surface area contributed by atoms with Crippen LogP contribution in [0.2, 0.25) is 0 Å². The second-order valence-electron chi connectivity index (χ2n) is 6.10. The summed E-state index contributed by atoms with van der Waals surface area (Å²) in [5.74, 6) is 1.14. The molecule has 0 atom stereocenters. The fourth-order valence-corrected chi connectivity index (χ4v) is 3.18. The van der Waals surface area contributed by atoms with E-state index in [9.17, 15) is 0 Å². The van der Waals surface area contributed by atoms with E-state index in [1.807, 2.05) is 6.92 Å². The van der Waals surface area contributed by atoms with Crippen molar-refractivity contribution in [2.45, 2.75) is 47.1 Å². The Labute approximate surface area is 133 Å². The van der Waals surface area contributed by atoms with Gasteiger partial charge in [-0.05, 0) is 25.3 Å². The third kappa shape index (κ3) is 6.32. The zero-order valence-electron chi connectivity index (χ0n) is 14.4. The van der Waals surface area contributed by atoms with E-state index in [4.69, 9.17) is 9.72 Å². The lowest BCUT2D eigenvalue weighted by Crippen LogP contribution is -2.22. The van der Waals surface area contributed by atoms with E-state index in [1.165, 1.54) is 10.6 Å². The first-order valence-corrected chi connectivity index (χ1v) is 8.76. The van der Waals surface area contributed by atoms with Gasteiger partial charge in [0.1, 0.15) is 0 Å². The van der Waals surface area contributed by atoms with Crippen LogP contribution in [0.3, 0.4) is 0 Å². The molecule has 1 aromatic rings. The second-order valence-corrected chi connectivity index (χ2v) is 7.16. The van der Waals surface area contributed by atoms with E-state index in [0.29, 0.717) is 11.8 Å². The third-order valence-corrected chi connectivity index (χ3v) is 4.39. The van der Waals surface area contributed by atoms with Crippen LogP contribution < -0.4 is 10.2 Å². The highest BCUT2D eigenvalue weighted by Crippen LogP contribution is 2.30. The Kier molecular flexibility index (Phi) is 8.22. The number of anilines is 1. The molecule has 21 heavy (non-hydrogen) atoms. The Hall–Kier alpha value is -0.650. The molecule has 0 aliphatic carbocycles. The maximum atomic E-state index is 5.42. The van der Waals surface area contributed by atoms with Crippen molar-refractivity contribution in [1.82, 2.24) is 10.3 Å². The molecule has 1 heterocycles. The summed E-state index contributed by atoms with van der Waals surface area (Å²) in [4.78, 5) is 8.39. The lowest BCUT2D eigenvalue weighted by atomic mass is 10.1. The summed E-state index contributed by atoms with van der Waals surface area (Å²) < 4.78 is 5.42. The zero-order valence-corrected chi connectivity index (χ0v) is 15.2. The molecule has 0 saturated heterocycles. The minimum atomic E-state index is 0.464. The van der Waals surface area contributed by atoms with Crippen LogP contribution in [0.25, 0.3) is 0 Å². The van der Waals surface area contributed by atoms with Crippen molar-refractivity contribution in [2.24, 2.45) is 5.92 Å². The van der Waals surface area contributed by atoms with Gasteiger partial charge in [-0.25, -0.2) is 4.98 Å². The second kappa shape index (κ2) is 9.38. The van der Waals surface area contributed by atoms with Gasteiger partial charge in [0.15, 0.2) is 5.13 Å². The number of hydrogen-bond donors (Lipinski definition) is 1. The van der Waals surface area contributed by atoms with Crippen LogP contribution in [-0.2, 0) is 11.3 Å². The van der Waals surface area contributed by atoms with Gasteiger partial charge in [0, 0.05) is 31.6 Å². The maximum absolute atomic E-state index is 5.42. The number of hydrogen-bond acceptors (Lipinski definition) is 5. The quantitative estimate of drug-likeness (QED) is 0.671. The molecule has 0 radical (unpaired) electrons. The molecular weight excluding hydrogens is 282 g/mol. The fourth-order valence-electron chi connectivity index (χ4n) is 2.01. The van der Waals surface area contributed by atoms with Crippen molar-refractivity contribution in [3.63, 3.8) is 0 Å². The van der Waals surface area contributed by atoms with E-state index in [2.05, 4.69) is 45.0 Å². The van der Waals surface area contributed by atoms with Crippen LogP contribution in [0.1, 0.15) is 51.1 Å². The minimum absolute atomic E-state index is 0.464. The van der Waals surface area contributed by atoms with Crippen molar-refractivity contribution >= 4 is 16.5 Å². The summed E-state index contributed by atoms with van der Waals surface area (Å²) >= 11 is 1.80. The molecule has 4 nitrogen and oxygen atoms in total. The largest absolute Gasteiger partial charge is 0.380 e. The third-order valence-electron chi connectivity index (χ3n) is 3.20. The number of nitrogens with one attached hydrogen (secondary N) is 1.